The van der Waals surface area contributed by atoms with Crippen LogP contribution in [-0.2, 0) is 13.0 Å². The largest absolute Gasteiger partial charge is 0.338 e. The van der Waals surface area contributed by atoms with Gasteiger partial charge < -0.3 is 4.57 Å². The molecule has 9 nitrogen and oxygen atoms in total. The van der Waals surface area contributed by atoms with Gasteiger partial charge in [-0.1, -0.05) is 47.6 Å². The highest BCUT2D eigenvalue weighted by Crippen LogP contribution is 2.24. The summed E-state index contributed by atoms with van der Waals surface area (Å²) in [4.78, 5) is 7.20. The van der Waals surface area contributed by atoms with Crippen molar-refractivity contribution in [2.45, 2.75) is 13.0 Å². The Kier molecular flexibility index (Phi) is 5.39. The van der Waals surface area contributed by atoms with E-state index in [0.717, 1.165) is 41.2 Å². The molecule has 9 heteroatoms. The van der Waals surface area contributed by atoms with E-state index in [4.69, 9.17) is 11.5 Å². The predicted molar refractivity (Wildman–Crippen MR) is 109 cm³/mol. The second-order valence-corrected chi connectivity index (χ2v) is 6.71. The summed E-state index contributed by atoms with van der Waals surface area (Å²) in [5.74, 6) is 1.01. The monoisotopic (exact) mass is 389 g/mol. The predicted octanol–water partition coefficient (Wildman–Crippen LogP) is -0.899. The second kappa shape index (κ2) is 8.44. The molecule has 7 N–H and O–H groups in total. The van der Waals surface area contributed by atoms with Gasteiger partial charge in [0.25, 0.3) is 5.84 Å². The van der Waals surface area contributed by atoms with Crippen molar-refractivity contribution in [1.82, 2.24) is 9.55 Å². The molecule has 0 bridgehead atoms. The van der Waals surface area contributed by atoms with Crippen molar-refractivity contribution in [2.24, 2.45) is 27.0 Å². The molecule has 0 saturated heterocycles. The van der Waals surface area contributed by atoms with E-state index >= 15 is 0 Å². The van der Waals surface area contributed by atoms with Crippen LogP contribution >= 0.6 is 0 Å². The summed E-state index contributed by atoms with van der Waals surface area (Å²) in [6.45, 7) is 1.42. The zero-order valence-electron chi connectivity index (χ0n) is 15.9. The number of rotatable bonds is 7. The minimum Gasteiger partial charge on any atom is -0.330 e. The molecule has 1 aliphatic heterocycles. The molecule has 3 aromatic rings. The fourth-order valence-electron chi connectivity index (χ4n) is 3.28. The van der Waals surface area contributed by atoms with Crippen molar-refractivity contribution in [1.29, 1.82) is 0 Å². The number of benzene rings is 2. The van der Waals surface area contributed by atoms with E-state index in [-0.39, 0.29) is 5.96 Å². The highest BCUT2D eigenvalue weighted by molar-refractivity contribution is 5.98. The number of aromatic nitrogens is 2. The first-order valence-electron chi connectivity index (χ1n) is 9.31. The molecule has 2 heterocycles. The minimum absolute atomic E-state index is 0.232. The molecule has 1 aliphatic rings. The average Bonchev–Trinajstić information content (AvgIpc) is 3.41. The lowest BCUT2D eigenvalue weighted by atomic mass is 9.98. The van der Waals surface area contributed by atoms with Gasteiger partial charge in [0.05, 0.1) is 23.7 Å². The van der Waals surface area contributed by atoms with Crippen molar-refractivity contribution >= 4 is 11.8 Å². The standard InChI is InChI=1S/C20H21N9/c21-20(22)24-10-9-16-11-23-13-29(16)12-14-5-7-15(8-6-14)17-3-1-2-4-18(17)19-25-27-28-26-19/h1-8,11,13H,9-10,12H2,(H4,21,22,24)(H,25,26,27,28)/p+2. The third-order valence-corrected chi connectivity index (χ3v) is 4.71. The Hall–Kier alpha value is -3.85. The van der Waals surface area contributed by atoms with Crippen molar-refractivity contribution in [3.8, 4) is 11.1 Å². The molecule has 146 valence electrons. The zero-order chi connectivity index (χ0) is 20.1. The topological polar surface area (TPSA) is 138 Å². The van der Waals surface area contributed by atoms with Crippen molar-refractivity contribution < 1.29 is 10.4 Å². The maximum atomic E-state index is 5.45. The van der Waals surface area contributed by atoms with E-state index in [9.17, 15) is 0 Å². The summed E-state index contributed by atoms with van der Waals surface area (Å²) in [5, 5.41) is 11.6. The lowest BCUT2D eigenvalue weighted by Crippen LogP contribution is -2.80. The third-order valence-electron chi connectivity index (χ3n) is 4.71. The molecule has 2 aromatic carbocycles. The number of hydrogen-bond donors (Lipinski definition) is 4. The van der Waals surface area contributed by atoms with E-state index < -0.39 is 0 Å². The Morgan fingerprint density at radius 1 is 1.03 bits per heavy atom. The van der Waals surface area contributed by atoms with E-state index in [1.807, 2.05) is 30.7 Å². The molecule has 0 fully saturated rings. The van der Waals surface area contributed by atoms with Crippen LogP contribution in [0.15, 0.2) is 76.6 Å². The van der Waals surface area contributed by atoms with Crippen LogP contribution in [0.2, 0.25) is 0 Å². The van der Waals surface area contributed by atoms with Gasteiger partial charge in [-0.25, -0.2) is 4.98 Å². The maximum Gasteiger partial charge on any atom is 0.338 e. The number of hydrogen-bond acceptors (Lipinski definition) is 4. The van der Waals surface area contributed by atoms with Gasteiger partial charge in [0.2, 0.25) is 0 Å². The van der Waals surface area contributed by atoms with Gasteiger partial charge in [-0.3, -0.25) is 16.5 Å². The Labute approximate surface area is 167 Å². The second-order valence-electron chi connectivity index (χ2n) is 6.71. The van der Waals surface area contributed by atoms with E-state index in [2.05, 4.69) is 60.4 Å². The Balaban J connectivity index is 1.50. The molecule has 0 atom stereocenters. The summed E-state index contributed by atoms with van der Waals surface area (Å²) in [6.07, 6.45) is 4.50. The van der Waals surface area contributed by atoms with Crippen LogP contribution in [0.4, 0.5) is 0 Å². The summed E-state index contributed by atoms with van der Waals surface area (Å²) in [6, 6.07) is 16.7. The first-order chi connectivity index (χ1) is 14.2. The molecule has 0 saturated carbocycles. The quantitative estimate of drug-likeness (QED) is 0.237. The SMILES string of the molecule is NC(N)=[NH+]CCc1cncn1Cc1ccc(-c2ccccc2C2=NN=N[NH2+]2)cc1. The maximum absolute atomic E-state index is 5.45. The molecular formula is C20H23N9+2. The first kappa shape index (κ1) is 18.5. The van der Waals surface area contributed by atoms with E-state index in [0.29, 0.717) is 6.54 Å². The third kappa shape index (κ3) is 4.36. The molecular weight excluding hydrogens is 366 g/mol. The number of amidine groups is 1. The normalized spacial score (nSPS) is 12.8. The van der Waals surface area contributed by atoms with Crippen LogP contribution in [-0.4, -0.2) is 27.9 Å². The lowest BCUT2D eigenvalue weighted by Gasteiger charge is -2.10. The average molecular weight is 389 g/mol. The number of nitrogens with two attached hydrogens (primary N) is 3. The van der Waals surface area contributed by atoms with Crippen LogP contribution < -0.4 is 21.9 Å². The minimum atomic E-state index is 0.232. The highest BCUT2D eigenvalue weighted by Gasteiger charge is 2.17. The summed E-state index contributed by atoms with van der Waals surface area (Å²) >= 11 is 0. The zero-order valence-corrected chi connectivity index (χ0v) is 15.9. The van der Waals surface area contributed by atoms with Crippen LogP contribution in [0.1, 0.15) is 16.8 Å². The molecule has 0 radical (unpaired) electrons. The molecule has 29 heavy (non-hydrogen) atoms. The van der Waals surface area contributed by atoms with E-state index in [1.54, 1.807) is 5.43 Å². The number of imidazole rings is 1. The van der Waals surface area contributed by atoms with Crippen LogP contribution in [0.5, 0.6) is 0 Å². The van der Waals surface area contributed by atoms with Crippen LogP contribution in [0.3, 0.4) is 0 Å². The van der Waals surface area contributed by atoms with E-state index in [1.165, 1.54) is 5.56 Å². The number of guanidine groups is 1. The fourth-order valence-corrected chi connectivity index (χ4v) is 3.28. The van der Waals surface area contributed by atoms with Gasteiger partial charge >= 0.3 is 5.96 Å². The molecule has 0 unspecified atom stereocenters. The Bertz CT molecular complexity index is 1070. The fraction of sp³-hybridized carbons (Fsp3) is 0.150. The van der Waals surface area contributed by atoms with Crippen molar-refractivity contribution in [3.63, 3.8) is 0 Å². The number of nitrogens with one attached hydrogen (secondary N) is 1. The van der Waals surface area contributed by atoms with Gasteiger partial charge in [0, 0.05) is 30.1 Å². The van der Waals surface area contributed by atoms with Gasteiger partial charge in [-0.15, -0.1) is 5.43 Å². The summed E-state index contributed by atoms with van der Waals surface area (Å²) in [7, 11) is 0. The Morgan fingerprint density at radius 2 is 1.83 bits per heavy atom. The highest BCUT2D eigenvalue weighted by atomic mass is 15.6. The van der Waals surface area contributed by atoms with Crippen LogP contribution in [0, 0.1) is 0 Å². The number of quaternary nitrogens is 1. The van der Waals surface area contributed by atoms with Crippen LogP contribution in [0.25, 0.3) is 11.1 Å². The Morgan fingerprint density at radius 3 is 2.55 bits per heavy atom. The van der Waals surface area contributed by atoms with Gasteiger partial charge in [-0.2, -0.15) is 0 Å². The molecule has 1 aromatic heterocycles. The summed E-state index contributed by atoms with van der Waals surface area (Å²) < 4.78 is 2.13. The molecule has 0 amide bonds. The van der Waals surface area contributed by atoms with Gasteiger partial charge in [-0.05, 0) is 22.8 Å². The lowest BCUT2D eigenvalue weighted by molar-refractivity contribution is -0.546. The molecule has 4 rings (SSSR count). The first-order valence-corrected chi connectivity index (χ1v) is 9.31. The van der Waals surface area contributed by atoms with Crippen molar-refractivity contribution in [3.05, 3.63) is 77.9 Å². The number of nitrogens with zero attached hydrogens (tertiary/aromatic N) is 5. The van der Waals surface area contributed by atoms with Gasteiger partial charge in [0.1, 0.15) is 0 Å². The smallest absolute Gasteiger partial charge is 0.330 e. The molecule has 0 spiro atoms. The van der Waals surface area contributed by atoms with Crippen molar-refractivity contribution in [2.75, 3.05) is 6.54 Å². The molecule has 0 aliphatic carbocycles. The van der Waals surface area contributed by atoms with Gasteiger partial charge in [0.15, 0.2) is 0 Å². The summed E-state index contributed by atoms with van der Waals surface area (Å²) in [5.41, 5.74) is 18.1.